The van der Waals surface area contributed by atoms with Crippen molar-refractivity contribution >= 4 is 11.6 Å². The van der Waals surface area contributed by atoms with E-state index in [0.717, 1.165) is 18.5 Å². The molecule has 5 nitrogen and oxygen atoms in total. The molecule has 1 aromatic carbocycles. The summed E-state index contributed by atoms with van der Waals surface area (Å²) in [7, 11) is 0. The van der Waals surface area contributed by atoms with Crippen molar-refractivity contribution in [3.63, 3.8) is 0 Å². The first-order valence-electron chi connectivity index (χ1n) is 6.39. The van der Waals surface area contributed by atoms with Gasteiger partial charge in [0.15, 0.2) is 0 Å². The Labute approximate surface area is 112 Å². The quantitative estimate of drug-likeness (QED) is 0.797. The van der Waals surface area contributed by atoms with Crippen LogP contribution in [0.3, 0.4) is 0 Å². The lowest BCUT2D eigenvalue weighted by Crippen LogP contribution is -2.39. The van der Waals surface area contributed by atoms with Crippen LogP contribution in [0.25, 0.3) is 0 Å². The van der Waals surface area contributed by atoms with Gasteiger partial charge < -0.3 is 15.3 Å². The Hall–Kier alpha value is -2.06. The summed E-state index contributed by atoms with van der Waals surface area (Å²) in [6, 6.07) is 9.32. The average molecular weight is 259 g/mol. The maximum atomic E-state index is 12.0. The summed E-state index contributed by atoms with van der Waals surface area (Å²) in [6.45, 7) is 0.611. The topological polar surface area (TPSA) is 76.4 Å². The Kier molecular flexibility index (Phi) is 4.37. The molecule has 0 radical (unpaired) electrons. The number of aliphatic hydroxyl groups excluding tert-OH is 1. The van der Waals surface area contributed by atoms with Gasteiger partial charge >= 0.3 is 0 Å². The molecule has 0 spiro atoms. The number of nitrogens with zero attached hydrogens (tertiary/aromatic N) is 2. The van der Waals surface area contributed by atoms with Gasteiger partial charge in [-0.25, -0.2) is 0 Å². The normalized spacial score (nSPS) is 13.7. The van der Waals surface area contributed by atoms with Crippen LogP contribution in [-0.2, 0) is 4.79 Å². The molecular weight excluding hydrogens is 242 g/mol. The van der Waals surface area contributed by atoms with E-state index in [9.17, 15) is 4.79 Å². The zero-order valence-electron chi connectivity index (χ0n) is 10.7. The van der Waals surface area contributed by atoms with Crippen LogP contribution in [0.2, 0.25) is 0 Å². The fraction of sp³-hybridized carbons (Fsp3) is 0.429. The van der Waals surface area contributed by atoms with E-state index in [-0.39, 0.29) is 19.1 Å². The van der Waals surface area contributed by atoms with Crippen LogP contribution in [-0.4, -0.2) is 41.7 Å². The van der Waals surface area contributed by atoms with Gasteiger partial charge in [-0.3, -0.25) is 4.79 Å². The molecule has 1 aliphatic rings. The molecule has 1 aliphatic carbocycles. The number of nitriles is 1. The molecule has 0 atom stereocenters. The second-order valence-electron chi connectivity index (χ2n) is 4.58. The van der Waals surface area contributed by atoms with Gasteiger partial charge in [0.2, 0.25) is 5.91 Å². The van der Waals surface area contributed by atoms with Gasteiger partial charge in [0, 0.05) is 18.3 Å². The first-order chi connectivity index (χ1) is 9.24. The van der Waals surface area contributed by atoms with Crippen LogP contribution in [0.15, 0.2) is 24.3 Å². The fourth-order valence-electron chi connectivity index (χ4n) is 1.95. The zero-order chi connectivity index (χ0) is 13.7. The number of carbonyl (C=O) groups is 1. The molecular formula is C14H17N3O2. The number of anilines is 1. The van der Waals surface area contributed by atoms with E-state index in [2.05, 4.69) is 5.32 Å². The molecule has 0 saturated heterocycles. The van der Waals surface area contributed by atoms with Crippen molar-refractivity contribution in [1.82, 2.24) is 4.90 Å². The van der Waals surface area contributed by atoms with Crippen LogP contribution < -0.4 is 5.32 Å². The van der Waals surface area contributed by atoms with E-state index in [1.165, 1.54) is 0 Å². The summed E-state index contributed by atoms with van der Waals surface area (Å²) in [4.78, 5) is 13.7. The van der Waals surface area contributed by atoms with Crippen molar-refractivity contribution in [2.75, 3.05) is 25.0 Å². The molecule has 1 amide bonds. The first kappa shape index (κ1) is 13.4. The second kappa shape index (κ2) is 6.21. The number of nitrogens with one attached hydrogen (secondary N) is 1. The Morgan fingerprint density at radius 3 is 2.63 bits per heavy atom. The lowest BCUT2D eigenvalue weighted by atomic mass is 10.2. The molecule has 0 aromatic heterocycles. The third-order valence-electron chi connectivity index (χ3n) is 3.11. The molecule has 1 fully saturated rings. The number of hydrogen-bond donors (Lipinski definition) is 2. The van der Waals surface area contributed by atoms with Crippen molar-refractivity contribution in [2.45, 2.75) is 18.9 Å². The predicted octanol–water partition coefficient (Wildman–Crippen LogP) is 0.953. The van der Waals surface area contributed by atoms with E-state index in [1.807, 2.05) is 6.07 Å². The molecule has 19 heavy (non-hydrogen) atoms. The predicted molar refractivity (Wildman–Crippen MR) is 71.5 cm³/mol. The highest BCUT2D eigenvalue weighted by molar-refractivity contribution is 5.81. The highest BCUT2D eigenvalue weighted by atomic mass is 16.3. The van der Waals surface area contributed by atoms with Crippen LogP contribution >= 0.6 is 0 Å². The molecule has 1 saturated carbocycles. The monoisotopic (exact) mass is 259 g/mol. The van der Waals surface area contributed by atoms with E-state index < -0.39 is 0 Å². The number of hydrogen-bond acceptors (Lipinski definition) is 4. The van der Waals surface area contributed by atoms with E-state index in [0.29, 0.717) is 18.2 Å². The third-order valence-corrected chi connectivity index (χ3v) is 3.11. The van der Waals surface area contributed by atoms with Crippen LogP contribution in [0.5, 0.6) is 0 Å². The number of carbonyl (C=O) groups excluding carboxylic acids is 1. The molecule has 2 N–H and O–H groups in total. The summed E-state index contributed by atoms with van der Waals surface area (Å²) < 4.78 is 0. The van der Waals surface area contributed by atoms with Crippen LogP contribution in [0, 0.1) is 11.3 Å². The van der Waals surface area contributed by atoms with Crippen molar-refractivity contribution in [1.29, 1.82) is 5.26 Å². The Bertz CT molecular complexity index is 474. The highest BCUT2D eigenvalue weighted by Crippen LogP contribution is 2.26. The summed E-state index contributed by atoms with van der Waals surface area (Å²) >= 11 is 0. The molecule has 0 bridgehead atoms. The summed E-state index contributed by atoms with van der Waals surface area (Å²) in [5, 5.41) is 20.7. The molecule has 2 rings (SSSR count). The maximum Gasteiger partial charge on any atom is 0.242 e. The molecule has 100 valence electrons. The number of benzene rings is 1. The van der Waals surface area contributed by atoms with Gasteiger partial charge in [-0.1, -0.05) is 0 Å². The van der Waals surface area contributed by atoms with Gasteiger partial charge in [0.1, 0.15) is 0 Å². The molecule has 0 unspecified atom stereocenters. The first-order valence-corrected chi connectivity index (χ1v) is 6.39. The van der Waals surface area contributed by atoms with Crippen molar-refractivity contribution in [2.24, 2.45) is 0 Å². The minimum atomic E-state index is -0.000887. The SMILES string of the molecule is N#Cc1ccc(NCC(=O)N(CCO)C2CC2)cc1. The third kappa shape index (κ3) is 3.70. The van der Waals surface area contributed by atoms with Crippen LogP contribution in [0.1, 0.15) is 18.4 Å². The van der Waals surface area contributed by atoms with Gasteiger partial charge in [-0.05, 0) is 37.1 Å². The van der Waals surface area contributed by atoms with Crippen molar-refractivity contribution in [3.8, 4) is 6.07 Å². The van der Waals surface area contributed by atoms with Gasteiger partial charge in [-0.2, -0.15) is 5.26 Å². The average Bonchev–Trinajstić information content (AvgIpc) is 3.27. The molecule has 0 aliphatic heterocycles. The lowest BCUT2D eigenvalue weighted by molar-refractivity contribution is -0.130. The maximum absolute atomic E-state index is 12.0. The zero-order valence-corrected chi connectivity index (χ0v) is 10.7. The number of rotatable bonds is 6. The molecule has 1 aromatic rings. The number of amides is 1. The van der Waals surface area contributed by atoms with E-state index in [1.54, 1.807) is 29.2 Å². The van der Waals surface area contributed by atoms with Crippen molar-refractivity contribution < 1.29 is 9.90 Å². The largest absolute Gasteiger partial charge is 0.395 e. The second-order valence-corrected chi connectivity index (χ2v) is 4.58. The standard InChI is InChI=1S/C14H17N3O2/c15-9-11-1-3-12(4-2-11)16-10-14(19)17(7-8-18)13-5-6-13/h1-4,13,16,18H,5-8,10H2. The summed E-state index contributed by atoms with van der Waals surface area (Å²) in [5.74, 6) is 0.000842. The van der Waals surface area contributed by atoms with Gasteiger partial charge in [-0.15, -0.1) is 0 Å². The van der Waals surface area contributed by atoms with Gasteiger partial charge in [0.05, 0.1) is 24.8 Å². The summed E-state index contributed by atoms with van der Waals surface area (Å²) in [6.07, 6.45) is 2.06. The van der Waals surface area contributed by atoms with Gasteiger partial charge in [0.25, 0.3) is 0 Å². The molecule has 5 heteroatoms. The number of aliphatic hydroxyl groups is 1. The minimum absolute atomic E-state index is 0.000842. The minimum Gasteiger partial charge on any atom is -0.395 e. The van der Waals surface area contributed by atoms with Crippen LogP contribution in [0.4, 0.5) is 5.69 Å². The Morgan fingerprint density at radius 2 is 2.11 bits per heavy atom. The lowest BCUT2D eigenvalue weighted by Gasteiger charge is -2.21. The van der Waals surface area contributed by atoms with Crippen molar-refractivity contribution in [3.05, 3.63) is 29.8 Å². The Balaban J connectivity index is 1.86. The van der Waals surface area contributed by atoms with E-state index >= 15 is 0 Å². The Morgan fingerprint density at radius 1 is 1.42 bits per heavy atom. The van der Waals surface area contributed by atoms with E-state index in [4.69, 9.17) is 10.4 Å². The summed E-state index contributed by atoms with van der Waals surface area (Å²) in [5.41, 5.74) is 1.41. The highest BCUT2D eigenvalue weighted by Gasteiger charge is 2.31. The smallest absolute Gasteiger partial charge is 0.242 e. The fourth-order valence-corrected chi connectivity index (χ4v) is 1.95. The molecule has 0 heterocycles.